The second-order valence-electron chi connectivity index (χ2n) is 5.38. The molecule has 0 N–H and O–H groups in total. The summed E-state index contributed by atoms with van der Waals surface area (Å²) in [7, 11) is -1.14. The van der Waals surface area contributed by atoms with Gasteiger partial charge in [0.2, 0.25) is 0 Å². The zero-order chi connectivity index (χ0) is 13.7. The molecule has 0 aliphatic rings. The molecule has 0 radical (unpaired) electrons. The molecule has 0 aliphatic heterocycles. The minimum Gasteiger partial charge on any atom is -0.256 e. The maximum Gasteiger partial charge on any atom is 0.114 e. The number of aliphatic imine (C=N–C) groups is 1. The van der Waals surface area contributed by atoms with Gasteiger partial charge in [-0.1, -0.05) is 56.0 Å². The summed E-state index contributed by atoms with van der Waals surface area (Å²) < 4.78 is 0. The van der Waals surface area contributed by atoms with Crippen LogP contribution in [-0.2, 0) is 0 Å². The standard InChI is InChI=1S/C16H19NSSi/c1-19(2,3)18-16-11-7-10-15(12-16)17-13-14-8-5-4-6-9-14/h4-13H,1-3H3/b17-13+. The quantitative estimate of drug-likeness (QED) is 0.544. The molecule has 0 saturated carbocycles. The number of rotatable bonds is 4. The maximum atomic E-state index is 4.54. The Morgan fingerprint density at radius 3 is 2.37 bits per heavy atom. The molecule has 0 saturated heterocycles. The van der Waals surface area contributed by atoms with E-state index < -0.39 is 7.22 Å². The lowest BCUT2D eigenvalue weighted by molar-refractivity contribution is 1.42. The summed E-state index contributed by atoms with van der Waals surface area (Å²) in [5.74, 6) is 0. The van der Waals surface area contributed by atoms with Gasteiger partial charge in [0.25, 0.3) is 0 Å². The first kappa shape index (κ1) is 14.1. The van der Waals surface area contributed by atoms with Crippen molar-refractivity contribution in [2.24, 2.45) is 4.99 Å². The third kappa shape index (κ3) is 5.05. The molecule has 19 heavy (non-hydrogen) atoms. The molecule has 0 heterocycles. The van der Waals surface area contributed by atoms with Crippen molar-refractivity contribution in [3.63, 3.8) is 0 Å². The van der Waals surface area contributed by atoms with Gasteiger partial charge < -0.3 is 0 Å². The predicted molar refractivity (Wildman–Crippen MR) is 89.3 cm³/mol. The highest BCUT2D eigenvalue weighted by atomic mass is 32.4. The molecule has 0 spiro atoms. The van der Waals surface area contributed by atoms with Crippen LogP contribution in [0.2, 0.25) is 19.6 Å². The molecule has 3 heteroatoms. The van der Waals surface area contributed by atoms with Crippen molar-refractivity contribution >= 4 is 30.3 Å². The minimum absolute atomic E-state index is 1.02. The van der Waals surface area contributed by atoms with Crippen molar-refractivity contribution in [1.82, 2.24) is 0 Å². The van der Waals surface area contributed by atoms with Crippen LogP contribution in [0, 0.1) is 0 Å². The highest BCUT2D eigenvalue weighted by Gasteiger charge is 2.14. The first-order valence-electron chi connectivity index (χ1n) is 6.41. The summed E-state index contributed by atoms with van der Waals surface area (Å²) in [6, 6.07) is 18.7. The SMILES string of the molecule is C[Si](C)(C)Sc1cccc(/N=C/c2ccccc2)c1. The first-order valence-corrected chi connectivity index (χ1v) is 11.5. The number of hydrogen-bond acceptors (Lipinski definition) is 2. The number of hydrogen-bond donors (Lipinski definition) is 0. The van der Waals surface area contributed by atoms with Gasteiger partial charge in [0.1, 0.15) is 7.22 Å². The third-order valence-electron chi connectivity index (χ3n) is 2.40. The van der Waals surface area contributed by atoms with Crippen molar-refractivity contribution < 1.29 is 0 Å². The molecule has 0 bridgehead atoms. The van der Waals surface area contributed by atoms with Gasteiger partial charge in [-0.05, 0) is 23.8 Å². The zero-order valence-electron chi connectivity index (χ0n) is 11.6. The van der Waals surface area contributed by atoms with Gasteiger partial charge in [-0.3, -0.25) is 4.99 Å². The Morgan fingerprint density at radius 2 is 1.68 bits per heavy atom. The highest BCUT2D eigenvalue weighted by Crippen LogP contribution is 2.31. The van der Waals surface area contributed by atoms with E-state index in [9.17, 15) is 0 Å². The Labute approximate surface area is 120 Å². The summed E-state index contributed by atoms with van der Waals surface area (Å²) in [5.41, 5.74) is 2.15. The maximum absolute atomic E-state index is 4.54. The monoisotopic (exact) mass is 285 g/mol. The average Bonchev–Trinajstić information content (AvgIpc) is 2.36. The fourth-order valence-corrected chi connectivity index (χ4v) is 5.20. The van der Waals surface area contributed by atoms with E-state index in [0.717, 1.165) is 11.3 Å². The molecule has 98 valence electrons. The minimum atomic E-state index is -1.14. The van der Waals surface area contributed by atoms with Crippen LogP contribution in [0.15, 0.2) is 64.5 Å². The van der Waals surface area contributed by atoms with E-state index in [2.05, 4.69) is 55.0 Å². The molecule has 2 rings (SSSR count). The van der Waals surface area contributed by atoms with E-state index in [1.807, 2.05) is 41.7 Å². The Bertz CT molecular complexity index is 558. The van der Waals surface area contributed by atoms with E-state index in [-0.39, 0.29) is 0 Å². The van der Waals surface area contributed by atoms with Crippen LogP contribution in [0.4, 0.5) is 5.69 Å². The number of nitrogens with zero attached hydrogens (tertiary/aromatic N) is 1. The van der Waals surface area contributed by atoms with Crippen molar-refractivity contribution in [3.8, 4) is 0 Å². The predicted octanol–water partition coefficient (Wildman–Crippen LogP) is 5.36. The summed E-state index contributed by atoms with van der Waals surface area (Å²) in [6.07, 6.45) is 1.91. The van der Waals surface area contributed by atoms with Crippen LogP contribution in [-0.4, -0.2) is 13.4 Å². The van der Waals surface area contributed by atoms with Crippen molar-refractivity contribution in [2.75, 3.05) is 0 Å². The largest absolute Gasteiger partial charge is 0.256 e. The molecular formula is C16H19NSSi. The molecule has 0 aliphatic carbocycles. The molecule has 2 aromatic carbocycles. The fraction of sp³-hybridized carbons (Fsp3) is 0.188. The van der Waals surface area contributed by atoms with Crippen LogP contribution >= 0.6 is 11.2 Å². The molecule has 0 atom stereocenters. The van der Waals surface area contributed by atoms with E-state index in [0.29, 0.717) is 0 Å². The smallest absolute Gasteiger partial charge is 0.114 e. The normalized spacial score (nSPS) is 11.9. The van der Waals surface area contributed by atoms with E-state index in [1.165, 1.54) is 4.90 Å². The van der Waals surface area contributed by atoms with Gasteiger partial charge in [-0.2, -0.15) is 11.2 Å². The summed E-state index contributed by atoms with van der Waals surface area (Å²) >= 11 is 2.00. The molecule has 0 unspecified atom stereocenters. The topological polar surface area (TPSA) is 12.4 Å². The summed E-state index contributed by atoms with van der Waals surface area (Å²) in [5, 5.41) is 0. The second-order valence-corrected chi connectivity index (χ2v) is 14.6. The molecule has 0 amide bonds. The molecule has 2 aromatic rings. The molecule has 0 aromatic heterocycles. The Morgan fingerprint density at radius 1 is 0.947 bits per heavy atom. The van der Waals surface area contributed by atoms with Crippen LogP contribution < -0.4 is 0 Å². The van der Waals surface area contributed by atoms with E-state index in [4.69, 9.17) is 0 Å². The number of benzene rings is 2. The average molecular weight is 285 g/mol. The van der Waals surface area contributed by atoms with E-state index >= 15 is 0 Å². The lowest BCUT2D eigenvalue weighted by Crippen LogP contribution is -2.13. The van der Waals surface area contributed by atoms with Crippen LogP contribution in [0.5, 0.6) is 0 Å². The van der Waals surface area contributed by atoms with E-state index in [1.54, 1.807) is 0 Å². The van der Waals surface area contributed by atoms with Crippen molar-refractivity contribution in [2.45, 2.75) is 24.5 Å². The molecular weight excluding hydrogens is 266 g/mol. The van der Waals surface area contributed by atoms with Gasteiger partial charge in [0.05, 0.1) is 5.69 Å². The molecule has 0 fully saturated rings. The zero-order valence-corrected chi connectivity index (χ0v) is 13.4. The van der Waals surface area contributed by atoms with Gasteiger partial charge in [0.15, 0.2) is 0 Å². The van der Waals surface area contributed by atoms with Crippen LogP contribution in [0.25, 0.3) is 0 Å². The Balaban J connectivity index is 2.13. The van der Waals surface area contributed by atoms with Gasteiger partial charge in [-0.15, -0.1) is 0 Å². The van der Waals surface area contributed by atoms with Crippen LogP contribution in [0.1, 0.15) is 5.56 Å². The Hall–Kier alpha value is -1.32. The van der Waals surface area contributed by atoms with Crippen molar-refractivity contribution in [3.05, 3.63) is 60.2 Å². The van der Waals surface area contributed by atoms with Crippen molar-refractivity contribution in [1.29, 1.82) is 0 Å². The fourth-order valence-electron chi connectivity index (χ4n) is 1.67. The van der Waals surface area contributed by atoms with Gasteiger partial charge in [0, 0.05) is 11.1 Å². The van der Waals surface area contributed by atoms with Gasteiger partial charge in [-0.25, -0.2) is 0 Å². The lowest BCUT2D eigenvalue weighted by atomic mass is 10.2. The molecule has 1 nitrogen and oxygen atoms in total. The first-order chi connectivity index (χ1) is 9.03. The van der Waals surface area contributed by atoms with Gasteiger partial charge >= 0.3 is 0 Å². The Kier molecular flexibility index (Phi) is 4.61. The second kappa shape index (κ2) is 6.22. The van der Waals surface area contributed by atoms with Crippen LogP contribution in [0.3, 0.4) is 0 Å². The highest BCUT2D eigenvalue weighted by molar-refractivity contribution is 8.28. The summed E-state index contributed by atoms with van der Waals surface area (Å²) in [4.78, 5) is 5.87. The lowest BCUT2D eigenvalue weighted by Gasteiger charge is -2.15. The summed E-state index contributed by atoms with van der Waals surface area (Å²) in [6.45, 7) is 7.08. The third-order valence-corrected chi connectivity index (χ3v) is 6.05.